The van der Waals surface area contributed by atoms with Crippen LogP contribution >= 0.6 is 0 Å². The molecule has 0 unspecified atom stereocenters. The van der Waals surface area contributed by atoms with E-state index in [9.17, 15) is 4.79 Å². The average Bonchev–Trinajstić information content (AvgIpc) is 2.34. The predicted molar refractivity (Wildman–Crippen MR) is 63.2 cm³/mol. The van der Waals surface area contributed by atoms with Crippen LogP contribution in [-0.4, -0.2) is 9.78 Å². The molecule has 0 saturated carbocycles. The fourth-order valence-corrected chi connectivity index (χ4v) is 1.51. The van der Waals surface area contributed by atoms with E-state index >= 15 is 0 Å². The normalized spacial score (nSPS) is 9.82. The highest BCUT2D eigenvalue weighted by Crippen LogP contribution is 2.08. The molecule has 2 N–H and O–H groups in total. The number of nitriles is 1. The quantitative estimate of drug-likeness (QED) is 0.818. The zero-order valence-corrected chi connectivity index (χ0v) is 9.00. The van der Waals surface area contributed by atoms with Gasteiger partial charge in [0.25, 0.3) is 5.56 Å². The lowest BCUT2D eigenvalue weighted by molar-refractivity contribution is 0.643. The van der Waals surface area contributed by atoms with Gasteiger partial charge in [-0.3, -0.25) is 4.79 Å². The molecular weight excluding hydrogens is 216 g/mol. The molecule has 2 rings (SSSR count). The summed E-state index contributed by atoms with van der Waals surface area (Å²) in [6.45, 7) is 0.244. The number of rotatable bonds is 2. The van der Waals surface area contributed by atoms with Gasteiger partial charge >= 0.3 is 0 Å². The molecule has 0 fully saturated rings. The maximum absolute atomic E-state index is 11.5. The summed E-state index contributed by atoms with van der Waals surface area (Å²) in [5.74, 6) is 0.277. The minimum Gasteiger partial charge on any atom is -0.382 e. The summed E-state index contributed by atoms with van der Waals surface area (Å²) >= 11 is 0. The molecule has 5 heteroatoms. The molecule has 1 heterocycles. The minimum absolute atomic E-state index is 0.244. The van der Waals surface area contributed by atoms with Crippen molar-refractivity contribution in [2.75, 3.05) is 5.73 Å². The summed E-state index contributed by atoms with van der Waals surface area (Å²) in [5, 5.41) is 12.9. The second-order valence-corrected chi connectivity index (χ2v) is 3.52. The first kappa shape index (κ1) is 10.9. The van der Waals surface area contributed by atoms with Gasteiger partial charge in [0.05, 0.1) is 18.2 Å². The van der Waals surface area contributed by atoms with E-state index in [1.165, 1.54) is 16.8 Å². The van der Waals surface area contributed by atoms with Crippen LogP contribution in [0.3, 0.4) is 0 Å². The van der Waals surface area contributed by atoms with Crippen LogP contribution in [0.1, 0.15) is 11.1 Å². The van der Waals surface area contributed by atoms with Crippen molar-refractivity contribution in [3.8, 4) is 6.07 Å². The number of nitrogen functional groups attached to an aromatic ring is 1. The van der Waals surface area contributed by atoms with Crippen LogP contribution in [0.25, 0.3) is 0 Å². The zero-order valence-electron chi connectivity index (χ0n) is 9.00. The molecule has 17 heavy (non-hydrogen) atoms. The number of nitrogens with two attached hydrogens (primary N) is 1. The molecule has 0 saturated heterocycles. The molecule has 0 atom stereocenters. The maximum atomic E-state index is 11.5. The van der Waals surface area contributed by atoms with Crippen LogP contribution < -0.4 is 11.3 Å². The summed E-state index contributed by atoms with van der Waals surface area (Å²) in [6.07, 6.45) is 0. The van der Waals surface area contributed by atoms with Crippen LogP contribution in [0.2, 0.25) is 0 Å². The van der Waals surface area contributed by atoms with Gasteiger partial charge in [0.15, 0.2) is 0 Å². The van der Waals surface area contributed by atoms with Crippen molar-refractivity contribution in [2.45, 2.75) is 6.54 Å². The molecule has 0 bridgehead atoms. The van der Waals surface area contributed by atoms with Crippen molar-refractivity contribution in [3.63, 3.8) is 0 Å². The highest BCUT2D eigenvalue weighted by Gasteiger charge is 2.04. The topological polar surface area (TPSA) is 84.7 Å². The molecule has 0 radical (unpaired) electrons. The molecular formula is C12H10N4O. The number of benzene rings is 1. The Bertz CT molecular complexity index is 639. The fraction of sp³-hybridized carbons (Fsp3) is 0.0833. The summed E-state index contributed by atoms with van der Waals surface area (Å²) in [5.41, 5.74) is 6.55. The summed E-state index contributed by atoms with van der Waals surface area (Å²) in [7, 11) is 0. The minimum atomic E-state index is -0.244. The van der Waals surface area contributed by atoms with E-state index in [1.54, 1.807) is 18.2 Å². The summed E-state index contributed by atoms with van der Waals surface area (Å²) in [4.78, 5) is 11.5. The van der Waals surface area contributed by atoms with Crippen LogP contribution in [0, 0.1) is 11.3 Å². The second-order valence-electron chi connectivity index (χ2n) is 3.52. The molecule has 5 nitrogen and oxygen atoms in total. The molecule has 0 aliphatic rings. The van der Waals surface area contributed by atoms with Crippen molar-refractivity contribution >= 4 is 5.82 Å². The van der Waals surface area contributed by atoms with Gasteiger partial charge in [-0.15, -0.1) is 0 Å². The first-order valence-electron chi connectivity index (χ1n) is 5.02. The van der Waals surface area contributed by atoms with Crippen LogP contribution in [0.15, 0.2) is 41.2 Å². The molecule has 84 valence electrons. The Kier molecular flexibility index (Phi) is 2.88. The Hall–Kier alpha value is -2.61. The third-order valence-electron chi connectivity index (χ3n) is 2.35. The van der Waals surface area contributed by atoms with Crippen LogP contribution in [0.5, 0.6) is 0 Å². The average molecular weight is 226 g/mol. The van der Waals surface area contributed by atoms with E-state index in [4.69, 9.17) is 11.0 Å². The van der Waals surface area contributed by atoms with E-state index in [1.807, 2.05) is 6.07 Å². The van der Waals surface area contributed by atoms with Crippen molar-refractivity contribution in [1.29, 1.82) is 5.26 Å². The first-order chi connectivity index (χ1) is 8.20. The van der Waals surface area contributed by atoms with E-state index < -0.39 is 0 Å². The number of hydrogen-bond acceptors (Lipinski definition) is 4. The molecule has 0 amide bonds. The monoisotopic (exact) mass is 226 g/mol. The van der Waals surface area contributed by atoms with E-state index in [2.05, 4.69) is 11.2 Å². The van der Waals surface area contributed by atoms with Gasteiger partial charge in [-0.2, -0.15) is 10.4 Å². The van der Waals surface area contributed by atoms with Gasteiger partial charge in [-0.1, -0.05) is 18.2 Å². The zero-order chi connectivity index (χ0) is 12.3. The Balaban J connectivity index is 2.42. The van der Waals surface area contributed by atoms with Crippen molar-refractivity contribution in [2.24, 2.45) is 0 Å². The van der Waals surface area contributed by atoms with E-state index in [-0.39, 0.29) is 17.9 Å². The summed E-state index contributed by atoms with van der Waals surface area (Å²) < 4.78 is 1.24. The summed E-state index contributed by atoms with van der Waals surface area (Å²) in [6, 6.07) is 12.0. The highest BCUT2D eigenvalue weighted by molar-refractivity contribution is 5.37. The SMILES string of the molecule is N#Cc1ccccc1Cn1nc(N)ccc1=O. The molecule has 2 aromatic rings. The van der Waals surface area contributed by atoms with Gasteiger partial charge in [0.2, 0.25) is 0 Å². The van der Waals surface area contributed by atoms with Gasteiger partial charge < -0.3 is 5.73 Å². The highest BCUT2D eigenvalue weighted by atomic mass is 16.1. The van der Waals surface area contributed by atoms with E-state index in [0.717, 1.165) is 5.56 Å². The maximum Gasteiger partial charge on any atom is 0.267 e. The standard InChI is InChI=1S/C12H10N4O/c13-7-9-3-1-2-4-10(9)8-16-12(17)6-5-11(14)15-16/h1-6H,8H2,(H2,14,15). The first-order valence-corrected chi connectivity index (χ1v) is 5.02. The number of aromatic nitrogens is 2. The Morgan fingerprint density at radius 3 is 2.82 bits per heavy atom. The third-order valence-corrected chi connectivity index (χ3v) is 2.35. The van der Waals surface area contributed by atoms with Gasteiger partial charge in [0, 0.05) is 6.07 Å². The Labute approximate surface area is 97.7 Å². The van der Waals surface area contributed by atoms with Crippen LogP contribution in [-0.2, 0) is 6.54 Å². The molecule has 0 aliphatic carbocycles. The van der Waals surface area contributed by atoms with Crippen molar-refractivity contribution < 1.29 is 0 Å². The van der Waals surface area contributed by atoms with E-state index in [0.29, 0.717) is 5.56 Å². The fourth-order valence-electron chi connectivity index (χ4n) is 1.51. The molecule has 1 aromatic carbocycles. The predicted octanol–water partition coefficient (Wildman–Crippen LogP) is 0.745. The largest absolute Gasteiger partial charge is 0.382 e. The second kappa shape index (κ2) is 4.49. The Morgan fingerprint density at radius 2 is 2.06 bits per heavy atom. The van der Waals surface area contributed by atoms with Gasteiger partial charge in [0.1, 0.15) is 5.82 Å². The van der Waals surface area contributed by atoms with Crippen molar-refractivity contribution in [1.82, 2.24) is 9.78 Å². The van der Waals surface area contributed by atoms with Gasteiger partial charge in [-0.25, -0.2) is 4.68 Å². The van der Waals surface area contributed by atoms with Crippen molar-refractivity contribution in [3.05, 3.63) is 57.9 Å². The molecule has 0 spiro atoms. The van der Waals surface area contributed by atoms with Crippen LogP contribution in [0.4, 0.5) is 5.82 Å². The lowest BCUT2D eigenvalue weighted by Gasteiger charge is -2.06. The number of nitrogens with zero attached hydrogens (tertiary/aromatic N) is 3. The lowest BCUT2D eigenvalue weighted by atomic mass is 10.1. The lowest BCUT2D eigenvalue weighted by Crippen LogP contribution is -2.23. The Morgan fingerprint density at radius 1 is 1.29 bits per heavy atom. The smallest absolute Gasteiger partial charge is 0.267 e. The number of hydrogen-bond donors (Lipinski definition) is 1. The van der Waals surface area contributed by atoms with Gasteiger partial charge in [-0.05, 0) is 17.7 Å². The molecule has 1 aromatic heterocycles. The molecule has 0 aliphatic heterocycles. The number of anilines is 1. The third kappa shape index (κ3) is 2.32.